The first-order valence-corrected chi connectivity index (χ1v) is 12.9. The van der Waals surface area contributed by atoms with Crippen molar-refractivity contribution < 1.29 is 10.2 Å². The molecule has 158 valence electrons. The first-order valence-electron chi connectivity index (χ1n) is 10.4. The van der Waals surface area contributed by atoms with E-state index in [9.17, 15) is 10.2 Å². The third kappa shape index (κ3) is 3.92. The Kier molecular flexibility index (Phi) is 5.75. The smallest absolute Gasteiger partial charge is 0.101 e. The predicted molar refractivity (Wildman–Crippen MR) is 132 cm³/mol. The molecule has 0 aliphatic heterocycles. The van der Waals surface area contributed by atoms with Crippen LogP contribution in [0.4, 0.5) is 0 Å². The normalized spacial score (nSPS) is 20.5. The molecule has 0 saturated heterocycles. The molecule has 2 N–H and O–H groups in total. The van der Waals surface area contributed by atoms with Crippen molar-refractivity contribution >= 4 is 33.7 Å². The van der Waals surface area contributed by atoms with Crippen LogP contribution in [0.3, 0.4) is 0 Å². The molecule has 0 radical (unpaired) electrons. The Hall–Kier alpha value is -1.78. The molecule has 2 atom stereocenters. The van der Waals surface area contributed by atoms with Gasteiger partial charge < -0.3 is 10.2 Å². The third-order valence-electron chi connectivity index (χ3n) is 6.32. The molecule has 30 heavy (non-hydrogen) atoms. The monoisotopic (exact) mass is 438 g/mol. The molecular formula is C26H30O2S2. The van der Waals surface area contributed by atoms with Gasteiger partial charge in [-0.05, 0) is 45.2 Å². The molecule has 0 aromatic heterocycles. The van der Waals surface area contributed by atoms with Crippen LogP contribution < -0.4 is 0 Å². The number of benzene rings is 2. The van der Waals surface area contributed by atoms with E-state index < -0.39 is 0 Å². The van der Waals surface area contributed by atoms with E-state index >= 15 is 0 Å². The maximum absolute atomic E-state index is 10.6. The van der Waals surface area contributed by atoms with Gasteiger partial charge in [0.25, 0.3) is 0 Å². The number of aliphatic hydroxyl groups excluding tert-OH is 2. The standard InChI is InChI=1S/C26H30O2S2/c1-25(2,23-19-11-7-5-9-17(19)13-21(23)27)15-29-30-16-26(3,4)24-20-12-8-6-10-18(20)14-22(24)28/h5-14,23-24,27-28H,15-16H2,1-4H3. The van der Waals surface area contributed by atoms with Crippen LogP contribution in [0, 0.1) is 10.8 Å². The first-order chi connectivity index (χ1) is 14.2. The molecule has 2 aliphatic carbocycles. The molecule has 2 aliphatic rings. The van der Waals surface area contributed by atoms with Gasteiger partial charge in [0.1, 0.15) is 11.5 Å². The quantitative estimate of drug-likeness (QED) is 0.341. The topological polar surface area (TPSA) is 40.5 Å². The van der Waals surface area contributed by atoms with E-state index in [1.165, 1.54) is 11.1 Å². The van der Waals surface area contributed by atoms with Gasteiger partial charge in [-0.2, -0.15) is 0 Å². The number of hydrogen-bond acceptors (Lipinski definition) is 4. The van der Waals surface area contributed by atoms with Gasteiger partial charge in [-0.25, -0.2) is 0 Å². The summed E-state index contributed by atoms with van der Waals surface area (Å²) in [5.74, 6) is 2.92. The summed E-state index contributed by atoms with van der Waals surface area (Å²) in [7, 11) is 3.74. The van der Waals surface area contributed by atoms with Crippen LogP contribution in [0.1, 0.15) is 61.8 Å². The lowest BCUT2D eigenvalue weighted by molar-refractivity contribution is 0.273. The van der Waals surface area contributed by atoms with E-state index in [0.717, 1.165) is 22.6 Å². The average Bonchev–Trinajstić information content (AvgIpc) is 3.21. The van der Waals surface area contributed by atoms with Crippen molar-refractivity contribution in [2.45, 2.75) is 39.5 Å². The summed E-state index contributed by atoms with van der Waals surface area (Å²) in [5.41, 5.74) is 4.60. The van der Waals surface area contributed by atoms with Gasteiger partial charge in [0.15, 0.2) is 0 Å². The number of hydrogen-bond donors (Lipinski definition) is 2. The van der Waals surface area contributed by atoms with Crippen molar-refractivity contribution in [3.8, 4) is 0 Å². The second-order valence-electron chi connectivity index (χ2n) is 9.76. The summed E-state index contributed by atoms with van der Waals surface area (Å²) < 4.78 is 0. The van der Waals surface area contributed by atoms with Crippen molar-refractivity contribution in [3.63, 3.8) is 0 Å². The Bertz CT molecular complexity index is 922. The summed E-state index contributed by atoms with van der Waals surface area (Å²) in [6, 6.07) is 16.6. The molecule has 0 spiro atoms. The van der Waals surface area contributed by atoms with Gasteiger partial charge >= 0.3 is 0 Å². The van der Waals surface area contributed by atoms with Crippen LogP contribution in [0.25, 0.3) is 12.2 Å². The molecule has 0 bridgehead atoms. The molecular weight excluding hydrogens is 408 g/mol. The maximum Gasteiger partial charge on any atom is 0.101 e. The van der Waals surface area contributed by atoms with Crippen molar-refractivity contribution in [2.24, 2.45) is 10.8 Å². The van der Waals surface area contributed by atoms with E-state index in [1.807, 2.05) is 45.9 Å². The zero-order valence-corrected chi connectivity index (χ0v) is 19.7. The molecule has 2 aromatic carbocycles. The second-order valence-corrected chi connectivity index (χ2v) is 12.2. The van der Waals surface area contributed by atoms with Crippen LogP contribution in [0.15, 0.2) is 60.0 Å². The Balaban J connectivity index is 1.38. The fourth-order valence-corrected chi connectivity index (χ4v) is 8.24. The Morgan fingerprint density at radius 1 is 0.667 bits per heavy atom. The first kappa shape index (κ1) is 21.5. The summed E-state index contributed by atoms with van der Waals surface area (Å²) >= 11 is 0. The summed E-state index contributed by atoms with van der Waals surface area (Å²) in [6.45, 7) is 8.96. The van der Waals surface area contributed by atoms with Crippen molar-refractivity contribution in [1.82, 2.24) is 0 Å². The van der Waals surface area contributed by atoms with E-state index in [4.69, 9.17) is 0 Å². The minimum Gasteiger partial charge on any atom is -0.512 e. The predicted octanol–water partition coefficient (Wildman–Crippen LogP) is 7.81. The van der Waals surface area contributed by atoms with Crippen molar-refractivity contribution in [3.05, 3.63) is 82.3 Å². The largest absolute Gasteiger partial charge is 0.512 e. The molecule has 2 nitrogen and oxygen atoms in total. The van der Waals surface area contributed by atoms with Gasteiger partial charge in [-0.1, -0.05) is 97.8 Å². The van der Waals surface area contributed by atoms with Crippen LogP contribution in [0.5, 0.6) is 0 Å². The van der Waals surface area contributed by atoms with E-state index in [-0.39, 0.29) is 22.7 Å². The lowest BCUT2D eigenvalue weighted by atomic mass is 9.77. The fraction of sp³-hybridized carbons (Fsp3) is 0.385. The van der Waals surface area contributed by atoms with Gasteiger partial charge in [-0.15, -0.1) is 0 Å². The molecule has 2 unspecified atom stereocenters. The van der Waals surface area contributed by atoms with Crippen LogP contribution >= 0.6 is 21.6 Å². The Morgan fingerprint density at radius 3 is 1.43 bits per heavy atom. The third-order valence-corrected chi connectivity index (χ3v) is 9.42. The van der Waals surface area contributed by atoms with Crippen LogP contribution in [-0.2, 0) is 0 Å². The highest BCUT2D eigenvalue weighted by Gasteiger charge is 2.40. The lowest BCUT2D eigenvalue weighted by Gasteiger charge is -2.34. The number of aliphatic hydroxyl groups is 2. The number of fused-ring (bicyclic) bond motifs is 2. The highest BCUT2D eigenvalue weighted by atomic mass is 33.1. The van der Waals surface area contributed by atoms with Gasteiger partial charge in [-0.3, -0.25) is 0 Å². The van der Waals surface area contributed by atoms with Crippen molar-refractivity contribution in [1.29, 1.82) is 0 Å². The maximum atomic E-state index is 10.6. The highest BCUT2D eigenvalue weighted by molar-refractivity contribution is 8.76. The SMILES string of the molecule is CC(C)(CSSCC(C)(C)C1C(O)=Cc2ccccc21)C1C(O)=Cc2ccccc21. The van der Waals surface area contributed by atoms with Crippen molar-refractivity contribution in [2.75, 3.05) is 11.5 Å². The molecule has 4 rings (SSSR count). The van der Waals surface area contributed by atoms with E-state index in [0.29, 0.717) is 11.5 Å². The fourth-order valence-electron chi connectivity index (χ4n) is 4.81. The molecule has 0 amide bonds. The van der Waals surface area contributed by atoms with Gasteiger partial charge in [0.05, 0.1) is 0 Å². The summed E-state index contributed by atoms with van der Waals surface area (Å²) in [5, 5.41) is 21.2. The minimum atomic E-state index is -0.0585. The molecule has 2 aromatic rings. The second kappa shape index (κ2) is 8.05. The van der Waals surface area contributed by atoms with E-state index in [1.54, 1.807) is 0 Å². The molecule has 0 fully saturated rings. The molecule has 0 heterocycles. The van der Waals surface area contributed by atoms with Gasteiger partial charge in [0.2, 0.25) is 0 Å². The van der Waals surface area contributed by atoms with Crippen LogP contribution in [0.2, 0.25) is 0 Å². The minimum absolute atomic E-state index is 0.0449. The lowest BCUT2D eigenvalue weighted by Crippen LogP contribution is -2.26. The molecule has 0 saturated carbocycles. The number of rotatable bonds is 7. The Morgan fingerprint density at radius 2 is 1.03 bits per heavy atom. The number of allylic oxidation sites excluding steroid dienone is 2. The van der Waals surface area contributed by atoms with Crippen LogP contribution in [-0.4, -0.2) is 21.7 Å². The van der Waals surface area contributed by atoms with E-state index in [2.05, 4.69) is 64.1 Å². The summed E-state index contributed by atoms with van der Waals surface area (Å²) in [4.78, 5) is 0. The Labute approximate surface area is 187 Å². The average molecular weight is 439 g/mol. The summed E-state index contributed by atoms with van der Waals surface area (Å²) in [6.07, 6.45) is 3.82. The zero-order valence-electron chi connectivity index (χ0n) is 18.1. The van der Waals surface area contributed by atoms with Gasteiger partial charge in [0, 0.05) is 23.3 Å². The highest BCUT2D eigenvalue weighted by Crippen LogP contribution is 2.51. The molecule has 4 heteroatoms. The zero-order chi connectivity index (χ0) is 21.5.